The average molecular weight is 592 g/mol. The van der Waals surface area contributed by atoms with Crippen LogP contribution in [-0.2, 0) is 0 Å². The molecule has 0 fully saturated rings. The third kappa shape index (κ3) is 3.89. The molecule has 6 rings (SSSR count). The molecule has 0 aromatic heterocycles. The third-order valence-corrected chi connectivity index (χ3v) is 8.02. The number of hydrogen-bond donors (Lipinski definition) is 0. The fourth-order valence-electron chi connectivity index (χ4n) is 4.97. The predicted octanol–water partition coefficient (Wildman–Crippen LogP) is 10.1. The number of fused-ring (bicyclic) bond motifs is 2. The van der Waals surface area contributed by atoms with E-state index < -0.39 is 0 Å². The zero-order chi connectivity index (χ0) is 24.6. The lowest BCUT2D eigenvalue weighted by atomic mass is 9.84. The van der Waals surface area contributed by atoms with Gasteiger partial charge in [0.25, 0.3) is 0 Å². The van der Waals surface area contributed by atoms with Crippen LogP contribution in [-0.4, -0.2) is 5.78 Å². The Morgan fingerprint density at radius 2 is 0.806 bits per heavy atom. The predicted molar refractivity (Wildman–Crippen MR) is 158 cm³/mol. The van der Waals surface area contributed by atoms with E-state index in [1.54, 1.807) is 0 Å². The smallest absolute Gasteiger partial charge is 0.195 e. The number of halogens is 2. The van der Waals surface area contributed by atoms with E-state index in [1.807, 2.05) is 72.8 Å². The van der Waals surface area contributed by atoms with Crippen LogP contribution in [0.2, 0.25) is 0 Å². The van der Waals surface area contributed by atoms with Crippen LogP contribution in [0.15, 0.2) is 130 Å². The maximum absolute atomic E-state index is 14.9. The quantitative estimate of drug-likeness (QED) is 0.186. The van der Waals surface area contributed by atoms with E-state index in [4.69, 9.17) is 0 Å². The van der Waals surface area contributed by atoms with Gasteiger partial charge in [0.1, 0.15) is 0 Å². The summed E-state index contributed by atoms with van der Waals surface area (Å²) in [5, 5.41) is 3.97. The van der Waals surface area contributed by atoms with Crippen LogP contribution in [0.1, 0.15) is 15.9 Å². The molecular weight excluding hydrogens is 572 g/mol. The van der Waals surface area contributed by atoms with E-state index in [-0.39, 0.29) is 5.78 Å². The molecule has 3 heteroatoms. The molecule has 0 aliphatic rings. The van der Waals surface area contributed by atoms with Crippen molar-refractivity contribution in [3.05, 3.63) is 141 Å². The fourth-order valence-corrected chi connectivity index (χ4v) is 5.96. The van der Waals surface area contributed by atoms with Crippen molar-refractivity contribution in [1.29, 1.82) is 0 Å². The number of hydrogen-bond acceptors (Lipinski definition) is 1. The fraction of sp³-hybridized carbons (Fsp3) is 0. The lowest BCUT2D eigenvalue weighted by molar-refractivity contribution is 0.104. The van der Waals surface area contributed by atoms with Gasteiger partial charge < -0.3 is 0 Å². The molecule has 0 atom stereocenters. The first kappa shape index (κ1) is 22.9. The second kappa shape index (κ2) is 9.50. The van der Waals surface area contributed by atoms with Gasteiger partial charge in [-0.05, 0) is 55.9 Å². The highest BCUT2D eigenvalue weighted by atomic mass is 79.9. The van der Waals surface area contributed by atoms with E-state index in [9.17, 15) is 4.79 Å². The van der Waals surface area contributed by atoms with Crippen molar-refractivity contribution in [1.82, 2.24) is 0 Å². The van der Waals surface area contributed by atoms with Gasteiger partial charge in [0.2, 0.25) is 0 Å². The van der Waals surface area contributed by atoms with E-state index in [1.165, 1.54) is 0 Å². The number of carbonyl (C=O) groups excluding carboxylic acids is 1. The van der Waals surface area contributed by atoms with E-state index in [0.717, 1.165) is 52.7 Å². The standard InChI is InChI=1S/C33H20Br2O/c34-29-15-7-5-13-25(29)27-19-17-21-9-1-3-11-23(21)31(27)33(36)32-24-12-4-2-10-22(24)18-20-28(32)26-14-6-8-16-30(26)35/h1-20H. The number of rotatable bonds is 4. The SMILES string of the molecule is O=C(c1c(-c2ccccc2Br)ccc2ccccc12)c1c(-c2ccccc2Br)ccc2ccccc12. The molecule has 0 amide bonds. The molecule has 0 heterocycles. The number of benzene rings is 6. The van der Waals surface area contributed by atoms with Crippen LogP contribution >= 0.6 is 31.9 Å². The van der Waals surface area contributed by atoms with Gasteiger partial charge in [-0.2, -0.15) is 0 Å². The minimum Gasteiger partial charge on any atom is -0.289 e. The highest BCUT2D eigenvalue weighted by Crippen LogP contribution is 2.40. The maximum Gasteiger partial charge on any atom is 0.195 e. The Kier molecular flexibility index (Phi) is 6.04. The van der Waals surface area contributed by atoms with Crippen molar-refractivity contribution in [2.75, 3.05) is 0 Å². The summed E-state index contributed by atoms with van der Waals surface area (Å²) in [6.07, 6.45) is 0. The van der Waals surface area contributed by atoms with Crippen LogP contribution in [0.5, 0.6) is 0 Å². The Hall–Kier alpha value is -3.53. The molecular formula is C33H20Br2O. The molecule has 172 valence electrons. The molecule has 0 aliphatic carbocycles. The highest BCUT2D eigenvalue weighted by molar-refractivity contribution is 9.11. The van der Waals surface area contributed by atoms with Gasteiger partial charge >= 0.3 is 0 Å². The maximum atomic E-state index is 14.9. The van der Waals surface area contributed by atoms with Gasteiger partial charge in [-0.3, -0.25) is 4.79 Å². The lowest BCUT2D eigenvalue weighted by Crippen LogP contribution is -2.08. The highest BCUT2D eigenvalue weighted by Gasteiger charge is 2.24. The summed E-state index contributed by atoms with van der Waals surface area (Å²) >= 11 is 7.44. The molecule has 6 aromatic carbocycles. The second-order valence-electron chi connectivity index (χ2n) is 8.71. The Balaban J connectivity index is 1.73. The van der Waals surface area contributed by atoms with Crippen LogP contribution in [0.25, 0.3) is 43.8 Å². The van der Waals surface area contributed by atoms with Crippen LogP contribution in [0.4, 0.5) is 0 Å². The minimum atomic E-state index is 0.0140. The Morgan fingerprint density at radius 3 is 1.25 bits per heavy atom. The van der Waals surface area contributed by atoms with Crippen LogP contribution in [0.3, 0.4) is 0 Å². The normalized spacial score (nSPS) is 11.2. The summed E-state index contributed by atoms with van der Waals surface area (Å²) in [4.78, 5) is 14.9. The Bertz CT molecular complexity index is 1650. The monoisotopic (exact) mass is 590 g/mol. The first-order chi connectivity index (χ1) is 17.6. The van der Waals surface area contributed by atoms with E-state index in [2.05, 4.69) is 80.4 Å². The molecule has 0 aliphatic heterocycles. The van der Waals surface area contributed by atoms with E-state index in [0.29, 0.717) is 11.1 Å². The summed E-state index contributed by atoms with van der Waals surface area (Å²) in [5.74, 6) is 0.0140. The number of carbonyl (C=O) groups is 1. The zero-order valence-electron chi connectivity index (χ0n) is 19.2. The summed E-state index contributed by atoms with van der Waals surface area (Å²) in [7, 11) is 0. The first-order valence-electron chi connectivity index (χ1n) is 11.7. The van der Waals surface area contributed by atoms with Gasteiger partial charge in [-0.15, -0.1) is 0 Å². The average Bonchev–Trinajstić information content (AvgIpc) is 2.92. The van der Waals surface area contributed by atoms with Crippen LogP contribution in [0, 0.1) is 0 Å². The largest absolute Gasteiger partial charge is 0.289 e. The summed E-state index contributed by atoms with van der Waals surface area (Å²) in [6, 6.07) is 40.7. The topological polar surface area (TPSA) is 17.1 Å². The molecule has 0 saturated carbocycles. The Labute approximate surface area is 226 Å². The molecule has 0 saturated heterocycles. The van der Waals surface area contributed by atoms with Crippen molar-refractivity contribution in [3.63, 3.8) is 0 Å². The molecule has 0 N–H and O–H groups in total. The molecule has 1 nitrogen and oxygen atoms in total. The second-order valence-corrected chi connectivity index (χ2v) is 10.4. The van der Waals surface area contributed by atoms with Crippen molar-refractivity contribution in [2.24, 2.45) is 0 Å². The zero-order valence-corrected chi connectivity index (χ0v) is 22.4. The lowest BCUT2D eigenvalue weighted by Gasteiger charge is -2.18. The van der Waals surface area contributed by atoms with E-state index >= 15 is 0 Å². The molecule has 0 bridgehead atoms. The van der Waals surface area contributed by atoms with Crippen molar-refractivity contribution >= 4 is 59.2 Å². The molecule has 36 heavy (non-hydrogen) atoms. The van der Waals surface area contributed by atoms with Crippen molar-refractivity contribution in [2.45, 2.75) is 0 Å². The van der Waals surface area contributed by atoms with Crippen molar-refractivity contribution in [3.8, 4) is 22.3 Å². The van der Waals surface area contributed by atoms with Gasteiger partial charge in [0.15, 0.2) is 5.78 Å². The van der Waals surface area contributed by atoms with Gasteiger partial charge in [0, 0.05) is 20.1 Å². The Morgan fingerprint density at radius 1 is 0.417 bits per heavy atom. The summed E-state index contributed by atoms with van der Waals surface area (Å²) < 4.78 is 1.91. The molecule has 0 radical (unpaired) electrons. The molecule has 0 unspecified atom stereocenters. The third-order valence-electron chi connectivity index (χ3n) is 6.64. The van der Waals surface area contributed by atoms with Gasteiger partial charge in [0.05, 0.1) is 0 Å². The minimum absolute atomic E-state index is 0.0140. The molecule has 6 aromatic rings. The number of ketones is 1. The van der Waals surface area contributed by atoms with Crippen LogP contribution < -0.4 is 0 Å². The summed E-state index contributed by atoms with van der Waals surface area (Å²) in [6.45, 7) is 0. The van der Waals surface area contributed by atoms with Gasteiger partial charge in [-0.1, -0.05) is 141 Å². The summed E-state index contributed by atoms with van der Waals surface area (Å²) in [5.41, 5.74) is 5.24. The van der Waals surface area contributed by atoms with Crippen molar-refractivity contribution < 1.29 is 4.79 Å². The first-order valence-corrected chi connectivity index (χ1v) is 13.3. The molecule has 0 spiro atoms. The van der Waals surface area contributed by atoms with Gasteiger partial charge in [-0.25, -0.2) is 0 Å².